The topological polar surface area (TPSA) is 48.4 Å². The van der Waals surface area contributed by atoms with Crippen molar-refractivity contribution < 1.29 is 14.3 Å². The molecule has 25 heavy (non-hydrogen) atoms. The van der Waals surface area contributed by atoms with Gasteiger partial charge < -0.3 is 9.47 Å². The van der Waals surface area contributed by atoms with E-state index in [1.54, 1.807) is 0 Å². The number of para-hydroxylation sites is 1. The molecule has 2 aromatic carbocycles. The van der Waals surface area contributed by atoms with Gasteiger partial charge in [-0.2, -0.15) is 0 Å². The van der Waals surface area contributed by atoms with E-state index in [9.17, 15) is 4.79 Å². The van der Waals surface area contributed by atoms with E-state index in [0.717, 1.165) is 21.8 Å². The van der Waals surface area contributed by atoms with E-state index in [0.29, 0.717) is 5.75 Å². The minimum atomic E-state index is -0.409. The van der Waals surface area contributed by atoms with Crippen LogP contribution in [0.5, 0.6) is 5.75 Å². The molecule has 0 aliphatic heterocycles. The Balaban J connectivity index is 1.51. The monoisotopic (exact) mass is 353 g/mol. The predicted molar refractivity (Wildman–Crippen MR) is 98.8 cm³/mol. The third kappa shape index (κ3) is 4.67. The van der Waals surface area contributed by atoms with E-state index in [-0.39, 0.29) is 13.2 Å². The van der Waals surface area contributed by atoms with Gasteiger partial charge in [-0.15, -0.1) is 11.3 Å². The van der Waals surface area contributed by atoms with Crippen LogP contribution < -0.4 is 4.74 Å². The molecule has 0 unspecified atom stereocenters. The molecule has 128 valence electrons. The highest BCUT2D eigenvalue weighted by Crippen LogP contribution is 2.24. The third-order valence-electron chi connectivity index (χ3n) is 3.67. The molecule has 1 heterocycles. The molecule has 0 bridgehead atoms. The van der Waals surface area contributed by atoms with Gasteiger partial charge in [0.15, 0.2) is 6.61 Å². The van der Waals surface area contributed by atoms with Crippen LogP contribution in [0.15, 0.2) is 53.9 Å². The Labute approximate surface area is 151 Å². The second-order valence-corrected chi connectivity index (χ2v) is 6.58. The van der Waals surface area contributed by atoms with Gasteiger partial charge in [0.1, 0.15) is 17.4 Å². The number of carbonyl (C=O) groups is 1. The lowest BCUT2D eigenvalue weighted by Crippen LogP contribution is -2.15. The molecule has 0 fully saturated rings. The minimum Gasteiger partial charge on any atom is -0.482 e. The number of thiazole rings is 1. The molecule has 5 heteroatoms. The maximum atomic E-state index is 11.8. The zero-order valence-corrected chi connectivity index (χ0v) is 15.0. The predicted octanol–water partition coefficient (Wildman–Crippen LogP) is 4.55. The van der Waals surface area contributed by atoms with E-state index >= 15 is 0 Å². The van der Waals surface area contributed by atoms with Crippen LogP contribution >= 0.6 is 11.3 Å². The summed E-state index contributed by atoms with van der Waals surface area (Å²) in [6.45, 7) is 4.02. The van der Waals surface area contributed by atoms with Gasteiger partial charge in [0, 0.05) is 10.9 Å². The lowest BCUT2D eigenvalue weighted by Gasteiger charge is -2.08. The molecular formula is C20H19NO3S. The van der Waals surface area contributed by atoms with E-state index in [1.165, 1.54) is 16.9 Å². The number of nitrogens with zero attached hydrogens (tertiary/aromatic N) is 1. The van der Waals surface area contributed by atoms with Crippen molar-refractivity contribution >= 4 is 17.3 Å². The van der Waals surface area contributed by atoms with E-state index in [2.05, 4.69) is 24.0 Å². The SMILES string of the molecule is Cc1ccc(-c2nc(COC(=O)COc3ccccc3C)cs2)cc1. The van der Waals surface area contributed by atoms with Crippen LogP contribution in [-0.2, 0) is 16.1 Å². The van der Waals surface area contributed by atoms with Gasteiger partial charge >= 0.3 is 5.97 Å². The average Bonchev–Trinajstić information content (AvgIpc) is 3.09. The summed E-state index contributed by atoms with van der Waals surface area (Å²) in [6, 6.07) is 15.8. The molecule has 0 saturated heterocycles. The second kappa shape index (κ2) is 7.94. The van der Waals surface area contributed by atoms with Crippen molar-refractivity contribution in [1.29, 1.82) is 0 Å². The van der Waals surface area contributed by atoms with Gasteiger partial charge in [-0.1, -0.05) is 48.0 Å². The summed E-state index contributed by atoms with van der Waals surface area (Å²) in [7, 11) is 0. The molecule has 1 aromatic heterocycles. The number of esters is 1. The van der Waals surface area contributed by atoms with Crippen LogP contribution in [0.4, 0.5) is 0 Å². The Bertz CT molecular complexity index is 855. The van der Waals surface area contributed by atoms with Crippen molar-refractivity contribution in [2.24, 2.45) is 0 Å². The van der Waals surface area contributed by atoms with Gasteiger partial charge in [-0.25, -0.2) is 9.78 Å². The Morgan fingerprint density at radius 2 is 1.84 bits per heavy atom. The first-order valence-electron chi connectivity index (χ1n) is 7.97. The molecule has 0 radical (unpaired) electrons. The summed E-state index contributed by atoms with van der Waals surface area (Å²) in [5.41, 5.74) is 4.00. The van der Waals surface area contributed by atoms with Crippen LogP contribution in [-0.4, -0.2) is 17.6 Å². The first-order valence-corrected chi connectivity index (χ1v) is 8.85. The number of carbonyl (C=O) groups excluding carboxylic acids is 1. The van der Waals surface area contributed by atoms with E-state index < -0.39 is 5.97 Å². The van der Waals surface area contributed by atoms with Crippen molar-refractivity contribution in [3.8, 4) is 16.3 Å². The fraction of sp³-hybridized carbons (Fsp3) is 0.200. The van der Waals surface area contributed by atoms with E-state index in [1.807, 2.05) is 48.7 Å². The van der Waals surface area contributed by atoms with Crippen molar-refractivity contribution in [3.05, 3.63) is 70.7 Å². The van der Waals surface area contributed by atoms with Gasteiger partial charge in [0.2, 0.25) is 0 Å². The van der Waals surface area contributed by atoms with Crippen molar-refractivity contribution in [2.75, 3.05) is 6.61 Å². The number of benzene rings is 2. The quantitative estimate of drug-likeness (QED) is 0.610. The van der Waals surface area contributed by atoms with Crippen LogP contribution in [0.3, 0.4) is 0 Å². The number of aryl methyl sites for hydroxylation is 2. The number of hydrogen-bond acceptors (Lipinski definition) is 5. The summed E-state index contributed by atoms with van der Waals surface area (Å²) >= 11 is 1.54. The fourth-order valence-corrected chi connectivity index (χ4v) is 3.06. The molecule has 0 amide bonds. The lowest BCUT2D eigenvalue weighted by molar-refractivity contribution is -0.147. The van der Waals surface area contributed by atoms with Crippen LogP contribution in [0.25, 0.3) is 10.6 Å². The normalized spacial score (nSPS) is 10.5. The molecule has 3 aromatic rings. The molecule has 4 nitrogen and oxygen atoms in total. The highest BCUT2D eigenvalue weighted by atomic mass is 32.1. The van der Waals surface area contributed by atoms with Crippen LogP contribution in [0.2, 0.25) is 0 Å². The molecule has 0 aliphatic rings. The summed E-state index contributed by atoms with van der Waals surface area (Å²) in [4.78, 5) is 16.4. The van der Waals surface area contributed by atoms with Crippen molar-refractivity contribution in [2.45, 2.75) is 20.5 Å². The molecule has 0 N–H and O–H groups in total. The smallest absolute Gasteiger partial charge is 0.344 e. The minimum absolute atomic E-state index is 0.111. The first kappa shape index (κ1) is 17.2. The summed E-state index contributed by atoms with van der Waals surface area (Å²) in [5, 5.41) is 2.83. The van der Waals surface area contributed by atoms with Gasteiger partial charge in [-0.3, -0.25) is 0 Å². The Morgan fingerprint density at radius 1 is 1.08 bits per heavy atom. The summed E-state index contributed by atoms with van der Waals surface area (Å²) in [5.74, 6) is 0.280. The highest BCUT2D eigenvalue weighted by molar-refractivity contribution is 7.13. The maximum Gasteiger partial charge on any atom is 0.344 e. The standard InChI is InChI=1S/C20H19NO3S/c1-14-7-9-16(10-8-14)20-21-17(13-25-20)11-24-19(22)12-23-18-6-4-3-5-15(18)2/h3-10,13H,11-12H2,1-2H3. The van der Waals surface area contributed by atoms with Crippen LogP contribution in [0.1, 0.15) is 16.8 Å². The number of hydrogen-bond donors (Lipinski definition) is 0. The lowest BCUT2D eigenvalue weighted by atomic mass is 10.2. The van der Waals surface area contributed by atoms with Crippen molar-refractivity contribution in [1.82, 2.24) is 4.98 Å². The Kier molecular flexibility index (Phi) is 5.46. The fourth-order valence-electron chi connectivity index (χ4n) is 2.25. The number of aromatic nitrogens is 1. The largest absolute Gasteiger partial charge is 0.482 e. The molecule has 0 atom stereocenters. The highest BCUT2D eigenvalue weighted by Gasteiger charge is 2.09. The van der Waals surface area contributed by atoms with E-state index in [4.69, 9.17) is 9.47 Å². The first-order chi connectivity index (χ1) is 12.1. The maximum absolute atomic E-state index is 11.8. The average molecular weight is 353 g/mol. The second-order valence-electron chi connectivity index (χ2n) is 5.72. The van der Waals surface area contributed by atoms with Gasteiger partial charge in [0.05, 0.1) is 5.69 Å². The summed E-state index contributed by atoms with van der Waals surface area (Å²) in [6.07, 6.45) is 0. The molecule has 0 saturated carbocycles. The Hall–Kier alpha value is -2.66. The number of rotatable bonds is 6. The van der Waals surface area contributed by atoms with Gasteiger partial charge in [0.25, 0.3) is 0 Å². The molecule has 0 aliphatic carbocycles. The molecule has 3 rings (SSSR count). The molecular weight excluding hydrogens is 334 g/mol. The molecule has 0 spiro atoms. The third-order valence-corrected chi connectivity index (χ3v) is 4.61. The Morgan fingerprint density at radius 3 is 2.60 bits per heavy atom. The van der Waals surface area contributed by atoms with Crippen molar-refractivity contribution in [3.63, 3.8) is 0 Å². The zero-order chi connectivity index (χ0) is 17.6. The zero-order valence-electron chi connectivity index (χ0n) is 14.2. The van der Waals surface area contributed by atoms with Gasteiger partial charge in [-0.05, 0) is 25.5 Å². The summed E-state index contributed by atoms with van der Waals surface area (Å²) < 4.78 is 10.7. The van der Waals surface area contributed by atoms with Crippen LogP contribution in [0, 0.1) is 13.8 Å². The number of ether oxygens (including phenoxy) is 2.